The molecule has 6 heteroatoms. The number of hydrogen-bond donors (Lipinski definition) is 2. The van der Waals surface area contributed by atoms with Crippen LogP contribution in [0.4, 0.5) is 0 Å². The average Bonchev–Trinajstić information content (AvgIpc) is 2.36. The highest BCUT2D eigenvalue weighted by molar-refractivity contribution is 7.89. The summed E-state index contributed by atoms with van der Waals surface area (Å²) in [4.78, 5) is 4.26. The number of nitrogens with one attached hydrogen (secondary N) is 1. The van der Waals surface area contributed by atoms with Gasteiger partial charge in [0.1, 0.15) is 0 Å². The van der Waals surface area contributed by atoms with Crippen LogP contribution in [0, 0.1) is 0 Å². The second-order valence-corrected chi connectivity index (χ2v) is 5.34. The summed E-state index contributed by atoms with van der Waals surface area (Å²) in [7, 11) is -3.47. The zero-order chi connectivity index (χ0) is 12.3. The van der Waals surface area contributed by atoms with Crippen molar-refractivity contribution in [3.05, 3.63) is 36.7 Å². The molecule has 0 unspecified atom stereocenters. The molecular formula is C11H14N3O2S+. The number of pyridine rings is 1. The second-order valence-electron chi connectivity index (χ2n) is 3.60. The summed E-state index contributed by atoms with van der Waals surface area (Å²) >= 11 is 0. The van der Waals surface area contributed by atoms with Crippen LogP contribution in [0.15, 0.2) is 41.6 Å². The summed E-state index contributed by atoms with van der Waals surface area (Å²) in [5.74, 6) is 0. The lowest BCUT2D eigenvalue weighted by molar-refractivity contribution is -0.364. The van der Waals surface area contributed by atoms with E-state index in [-0.39, 0.29) is 4.90 Å². The molecule has 2 aromatic rings. The molecule has 0 aliphatic heterocycles. The zero-order valence-corrected chi connectivity index (χ0v) is 10.1. The molecule has 5 nitrogen and oxygen atoms in total. The van der Waals surface area contributed by atoms with Gasteiger partial charge in [0.15, 0.2) is 0 Å². The SMILES string of the molecule is [NH3+]CCNS(=O)(=O)c1cccc2cnccc12. The maximum atomic E-state index is 12.0. The van der Waals surface area contributed by atoms with Crippen molar-refractivity contribution in [2.75, 3.05) is 13.1 Å². The van der Waals surface area contributed by atoms with Crippen molar-refractivity contribution in [3.8, 4) is 0 Å². The molecule has 0 aliphatic rings. The molecule has 1 heterocycles. The molecule has 0 spiro atoms. The first kappa shape index (κ1) is 12.0. The topological polar surface area (TPSA) is 86.7 Å². The first-order valence-electron chi connectivity index (χ1n) is 5.27. The summed E-state index contributed by atoms with van der Waals surface area (Å²) in [5, 5.41) is 1.49. The number of quaternary nitrogens is 1. The third-order valence-electron chi connectivity index (χ3n) is 2.40. The fraction of sp³-hybridized carbons (Fsp3) is 0.182. The fourth-order valence-corrected chi connectivity index (χ4v) is 2.91. The van der Waals surface area contributed by atoms with Crippen molar-refractivity contribution in [1.82, 2.24) is 9.71 Å². The minimum absolute atomic E-state index is 0.283. The van der Waals surface area contributed by atoms with Crippen LogP contribution >= 0.6 is 0 Å². The van der Waals surface area contributed by atoms with Crippen LogP contribution in [0.25, 0.3) is 10.8 Å². The lowest BCUT2D eigenvalue weighted by atomic mass is 10.2. The largest absolute Gasteiger partial charge is 0.356 e. The highest BCUT2D eigenvalue weighted by Crippen LogP contribution is 2.21. The lowest BCUT2D eigenvalue weighted by Gasteiger charge is -2.07. The van der Waals surface area contributed by atoms with Gasteiger partial charge in [0, 0.05) is 23.2 Å². The summed E-state index contributed by atoms with van der Waals surface area (Å²) < 4.78 is 26.6. The quantitative estimate of drug-likeness (QED) is 0.787. The minimum Gasteiger partial charge on any atom is -0.356 e. The molecule has 4 N–H and O–H groups in total. The molecular weight excluding hydrogens is 238 g/mol. The van der Waals surface area contributed by atoms with E-state index in [0.29, 0.717) is 18.5 Å². The summed E-state index contributed by atoms with van der Waals surface area (Å²) in [6.07, 6.45) is 3.23. The van der Waals surface area contributed by atoms with E-state index >= 15 is 0 Å². The van der Waals surface area contributed by atoms with Crippen LogP contribution in [0.5, 0.6) is 0 Å². The van der Waals surface area contributed by atoms with Crippen LogP contribution in [0.2, 0.25) is 0 Å². The molecule has 1 aromatic heterocycles. The molecule has 0 atom stereocenters. The van der Waals surface area contributed by atoms with Crippen molar-refractivity contribution in [3.63, 3.8) is 0 Å². The monoisotopic (exact) mass is 252 g/mol. The van der Waals surface area contributed by atoms with Crippen LogP contribution in [-0.2, 0) is 10.0 Å². The predicted octanol–water partition coefficient (Wildman–Crippen LogP) is -0.245. The van der Waals surface area contributed by atoms with Crippen molar-refractivity contribution in [2.45, 2.75) is 4.90 Å². The maximum Gasteiger partial charge on any atom is 0.241 e. The van der Waals surface area contributed by atoms with Crippen LogP contribution in [0.3, 0.4) is 0 Å². The van der Waals surface area contributed by atoms with Gasteiger partial charge in [-0.15, -0.1) is 0 Å². The van der Waals surface area contributed by atoms with Gasteiger partial charge in [-0.1, -0.05) is 12.1 Å². The Bertz CT molecular complexity index is 620. The van der Waals surface area contributed by atoms with E-state index in [1.54, 1.807) is 30.6 Å². The number of aromatic nitrogens is 1. The molecule has 0 saturated heterocycles. The van der Waals surface area contributed by atoms with E-state index < -0.39 is 10.0 Å². The highest BCUT2D eigenvalue weighted by Gasteiger charge is 2.16. The molecule has 0 bridgehead atoms. The lowest BCUT2D eigenvalue weighted by Crippen LogP contribution is -2.54. The van der Waals surface area contributed by atoms with Crippen molar-refractivity contribution < 1.29 is 14.2 Å². The smallest absolute Gasteiger partial charge is 0.241 e. The molecule has 0 fully saturated rings. The summed E-state index contributed by atoms with van der Waals surface area (Å²) in [5.41, 5.74) is 3.61. The average molecular weight is 252 g/mol. The Kier molecular flexibility index (Phi) is 3.37. The molecule has 17 heavy (non-hydrogen) atoms. The van der Waals surface area contributed by atoms with E-state index in [4.69, 9.17) is 0 Å². The molecule has 0 amide bonds. The van der Waals surface area contributed by atoms with E-state index in [2.05, 4.69) is 15.4 Å². The van der Waals surface area contributed by atoms with Gasteiger partial charge in [0.25, 0.3) is 0 Å². The number of fused-ring (bicyclic) bond motifs is 1. The van der Waals surface area contributed by atoms with E-state index in [1.165, 1.54) is 0 Å². The maximum absolute atomic E-state index is 12.0. The van der Waals surface area contributed by atoms with Gasteiger partial charge in [-0.3, -0.25) is 4.98 Å². The molecule has 0 aliphatic carbocycles. The van der Waals surface area contributed by atoms with Gasteiger partial charge in [-0.2, -0.15) is 0 Å². The normalized spacial score (nSPS) is 11.8. The Morgan fingerprint density at radius 1 is 1.29 bits per heavy atom. The van der Waals surface area contributed by atoms with E-state index in [0.717, 1.165) is 5.39 Å². The molecule has 0 saturated carbocycles. The summed E-state index contributed by atoms with van der Waals surface area (Å²) in [6, 6.07) is 6.84. The zero-order valence-electron chi connectivity index (χ0n) is 9.26. The molecule has 2 rings (SSSR count). The van der Waals surface area contributed by atoms with Gasteiger partial charge >= 0.3 is 0 Å². The van der Waals surface area contributed by atoms with Gasteiger partial charge in [0.2, 0.25) is 10.0 Å². The van der Waals surface area contributed by atoms with Crippen molar-refractivity contribution >= 4 is 20.8 Å². The number of nitrogens with zero attached hydrogens (tertiary/aromatic N) is 1. The predicted molar refractivity (Wildman–Crippen MR) is 64.7 cm³/mol. The number of sulfonamides is 1. The van der Waals surface area contributed by atoms with Gasteiger partial charge in [-0.05, 0) is 12.1 Å². The van der Waals surface area contributed by atoms with E-state index in [1.807, 2.05) is 6.07 Å². The summed E-state index contributed by atoms with van der Waals surface area (Å²) in [6.45, 7) is 0.857. The standard InChI is InChI=1S/C11H13N3O2S/c12-5-7-14-17(15,16)11-3-1-2-9-8-13-6-4-10(9)11/h1-4,6,8,14H,5,7,12H2/p+1. The third kappa shape index (κ3) is 2.44. The number of rotatable bonds is 4. The van der Waals surface area contributed by atoms with Crippen LogP contribution < -0.4 is 10.5 Å². The first-order valence-corrected chi connectivity index (χ1v) is 6.75. The Hall–Kier alpha value is -1.50. The second kappa shape index (κ2) is 4.79. The fourth-order valence-electron chi connectivity index (χ4n) is 1.61. The number of hydrogen-bond acceptors (Lipinski definition) is 3. The minimum atomic E-state index is -3.47. The van der Waals surface area contributed by atoms with Gasteiger partial charge in [-0.25, -0.2) is 13.1 Å². The van der Waals surface area contributed by atoms with Gasteiger partial charge < -0.3 is 5.73 Å². The third-order valence-corrected chi connectivity index (χ3v) is 3.92. The molecule has 1 aromatic carbocycles. The number of benzene rings is 1. The molecule has 0 radical (unpaired) electrons. The van der Waals surface area contributed by atoms with Crippen molar-refractivity contribution in [1.29, 1.82) is 0 Å². The van der Waals surface area contributed by atoms with Crippen LogP contribution in [-0.4, -0.2) is 26.5 Å². The Morgan fingerprint density at radius 2 is 2.12 bits per heavy atom. The highest BCUT2D eigenvalue weighted by atomic mass is 32.2. The Morgan fingerprint density at radius 3 is 2.88 bits per heavy atom. The first-order chi connectivity index (χ1) is 8.15. The molecule has 90 valence electrons. The Labute approximate surface area is 99.7 Å². The Balaban J connectivity index is 2.55. The van der Waals surface area contributed by atoms with Gasteiger partial charge in [0.05, 0.1) is 18.0 Å². The van der Waals surface area contributed by atoms with E-state index in [9.17, 15) is 8.42 Å². The van der Waals surface area contributed by atoms with Crippen molar-refractivity contribution in [2.24, 2.45) is 0 Å². The van der Waals surface area contributed by atoms with Crippen LogP contribution in [0.1, 0.15) is 0 Å².